The van der Waals surface area contributed by atoms with Crippen LogP contribution in [0.25, 0.3) is 16.7 Å². The fourth-order valence-corrected chi connectivity index (χ4v) is 2.47. The van der Waals surface area contributed by atoms with Gasteiger partial charge >= 0.3 is 0 Å². The zero-order valence-electron chi connectivity index (χ0n) is 10.3. The molecule has 19 heavy (non-hydrogen) atoms. The van der Waals surface area contributed by atoms with E-state index < -0.39 is 5.91 Å². The smallest absolute Gasteiger partial charge is 0.241 e. The topological polar surface area (TPSA) is 43.1 Å². The molecule has 0 bridgehead atoms. The maximum atomic E-state index is 10.8. The highest BCUT2D eigenvalue weighted by molar-refractivity contribution is 6.01. The number of hydrogen-bond acceptors (Lipinski definition) is 1. The van der Waals surface area contributed by atoms with Gasteiger partial charge in [-0.3, -0.25) is 4.79 Å². The van der Waals surface area contributed by atoms with Crippen LogP contribution in [0.5, 0.6) is 0 Å². The van der Waals surface area contributed by atoms with Gasteiger partial charge in [0.25, 0.3) is 0 Å². The molecule has 0 fully saturated rings. The highest BCUT2D eigenvalue weighted by atomic mass is 16.1. The molecule has 0 radical (unpaired) electrons. The Morgan fingerprint density at radius 2 is 1.32 bits per heavy atom. The van der Waals surface area contributed by atoms with Crippen molar-refractivity contribution >= 4 is 11.5 Å². The monoisotopic (exact) mass is 247 g/mol. The first-order valence-corrected chi connectivity index (χ1v) is 6.14. The Kier molecular flexibility index (Phi) is 2.76. The average Bonchev–Trinajstić information content (AvgIpc) is 2.74. The molecule has 0 saturated heterocycles. The minimum Gasteiger partial charge on any atom is -0.366 e. The summed E-state index contributed by atoms with van der Waals surface area (Å²) in [5, 5.41) is 0. The second-order valence-electron chi connectivity index (χ2n) is 4.43. The van der Waals surface area contributed by atoms with Crippen molar-refractivity contribution in [2.45, 2.75) is 0 Å². The third-order valence-corrected chi connectivity index (χ3v) is 3.25. The number of fused-ring (bicyclic) bond motifs is 3. The van der Waals surface area contributed by atoms with E-state index in [0.29, 0.717) is 0 Å². The fourth-order valence-electron chi connectivity index (χ4n) is 2.47. The standard InChI is InChI=1S/C17H13NO/c18-17(19)11-5-10-16-14-8-3-1-6-12(14)13-7-2-4-9-15(13)16/h1-11H,(H2,18,19)/b11-5-. The Labute approximate surface area is 111 Å². The van der Waals surface area contributed by atoms with Gasteiger partial charge in [-0.2, -0.15) is 0 Å². The van der Waals surface area contributed by atoms with Crippen LogP contribution in [0.15, 0.2) is 66.8 Å². The molecule has 0 spiro atoms. The zero-order valence-corrected chi connectivity index (χ0v) is 10.3. The summed E-state index contributed by atoms with van der Waals surface area (Å²) in [6, 6.07) is 16.6. The maximum absolute atomic E-state index is 10.8. The average molecular weight is 247 g/mol. The molecule has 0 unspecified atom stereocenters. The van der Waals surface area contributed by atoms with Crippen molar-refractivity contribution in [3.05, 3.63) is 77.9 Å². The van der Waals surface area contributed by atoms with Crippen LogP contribution in [-0.2, 0) is 4.79 Å². The molecule has 3 rings (SSSR count). The first kappa shape index (κ1) is 11.5. The lowest BCUT2D eigenvalue weighted by Gasteiger charge is -2.00. The van der Waals surface area contributed by atoms with Crippen molar-refractivity contribution in [1.82, 2.24) is 0 Å². The third kappa shape index (κ3) is 1.97. The van der Waals surface area contributed by atoms with Crippen molar-refractivity contribution in [1.29, 1.82) is 0 Å². The van der Waals surface area contributed by atoms with Crippen molar-refractivity contribution < 1.29 is 4.79 Å². The molecule has 0 atom stereocenters. The largest absolute Gasteiger partial charge is 0.366 e. The number of amides is 1. The number of nitrogens with two attached hydrogens (primary N) is 1. The number of benzene rings is 2. The second kappa shape index (κ2) is 4.58. The lowest BCUT2D eigenvalue weighted by atomic mass is 10.0. The Bertz CT molecular complexity index is 663. The molecule has 0 saturated carbocycles. The Balaban J connectivity index is 2.17. The summed E-state index contributed by atoms with van der Waals surface area (Å²) in [6.07, 6.45) is 5.02. The predicted molar refractivity (Wildman–Crippen MR) is 77.3 cm³/mol. The van der Waals surface area contributed by atoms with Gasteiger partial charge in [-0.15, -0.1) is 0 Å². The number of carbonyl (C=O) groups excluding carboxylic acids is 1. The fraction of sp³-hybridized carbons (Fsp3) is 0. The molecule has 2 aromatic carbocycles. The van der Waals surface area contributed by atoms with Crippen LogP contribution in [0, 0.1) is 0 Å². The molecule has 2 nitrogen and oxygen atoms in total. The van der Waals surface area contributed by atoms with Crippen molar-refractivity contribution in [3.63, 3.8) is 0 Å². The van der Waals surface area contributed by atoms with Gasteiger partial charge in [-0.05, 0) is 27.8 Å². The lowest BCUT2D eigenvalue weighted by Crippen LogP contribution is -2.04. The first-order valence-electron chi connectivity index (χ1n) is 6.14. The Morgan fingerprint density at radius 3 is 1.79 bits per heavy atom. The normalized spacial score (nSPS) is 12.3. The first-order chi connectivity index (χ1) is 9.27. The number of hydrogen-bond donors (Lipinski definition) is 1. The van der Waals surface area contributed by atoms with Crippen LogP contribution in [0.4, 0.5) is 0 Å². The van der Waals surface area contributed by atoms with Crippen LogP contribution < -0.4 is 5.73 Å². The summed E-state index contributed by atoms with van der Waals surface area (Å²) < 4.78 is 0. The molecule has 2 N–H and O–H groups in total. The van der Waals surface area contributed by atoms with Crippen LogP contribution in [-0.4, -0.2) is 5.91 Å². The van der Waals surface area contributed by atoms with Gasteiger partial charge in [0, 0.05) is 6.08 Å². The zero-order chi connectivity index (χ0) is 13.2. The van der Waals surface area contributed by atoms with E-state index in [9.17, 15) is 4.79 Å². The van der Waals surface area contributed by atoms with E-state index >= 15 is 0 Å². The lowest BCUT2D eigenvalue weighted by molar-refractivity contribution is -0.113. The van der Waals surface area contributed by atoms with Crippen LogP contribution >= 0.6 is 0 Å². The highest BCUT2D eigenvalue weighted by Gasteiger charge is 2.21. The molecular weight excluding hydrogens is 234 g/mol. The van der Waals surface area contributed by atoms with Gasteiger partial charge in [0.15, 0.2) is 0 Å². The van der Waals surface area contributed by atoms with E-state index in [1.807, 2.05) is 30.3 Å². The predicted octanol–water partition coefficient (Wildman–Crippen LogP) is 3.14. The van der Waals surface area contributed by atoms with E-state index in [1.54, 1.807) is 6.08 Å². The van der Waals surface area contributed by atoms with Gasteiger partial charge in [-0.1, -0.05) is 60.7 Å². The van der Waals surface area contributed by atoms with E-state index in [2.05, 4.69) is 24.3 Å². The van der Waals surface area contributed by atoms with E-state index in [-0.39, 0.29) is 0 Å². The summed E-state index contributed by atoms with van der Waals surface area (Å²) in [5.41, 5.74) is 11.1. The molecule has 1 amide bonds. The number of rotatable bonds is 2. The second-order valence-corrected chi connectivity index (χ2v) is 4.43. The van der Waals surface area contributed by atoms with Crippen molar-refractivity contribution in [3.8, 4) is 11.1 Å². The molecule has 92 valence electrons. The Morgan fingerprint density at radius 1 is 0.842 bits per heavy atom. The van der Waals surface area contributed by atoms with Gasteiger partial charge < -0.3 is 5.73 Å². The quantitative estimate of drug-likeness (QED) is 0.694. The molecule has 0 aromatic heterocycles. The van der Waals surface area contributed by atoms with Crippen LogP contribution in [0.3, 0.4) is 0 Å². The summed E-state index contributed by atoms with van der Waals surface area (Å²) in [6.45, 7) is 0. The summed E-state index contributed by atoms with van der Waals surface area (Å²) in [5.74, 6) is -0.434. The molecule has 1 aliphatic rings. The summed E-state index contributed by atoms with van der Waals surface area (Å²) in [4.78, 5) is 10.8. The van der Waals surface area contributed by atoms with E-state index in [4.69, 9.17) is 5.73 Å². The summed E-state index contributed by atoms with van der Waals surface area (Å²) in [7, 11) is 0. The summed E-state index contributed by atoms with van der Waals surface area (Å²) >= 11 is 0. The highest BCUT2D eigenvalue weighted by Crippen LogP contribution is 2.43. The molecule has 0 heterocycles. The molecule has 2 heteroatoms. The van der Waals surface area contributed by atoms with E-state index in [0.717, 1.165) is 5.57 Å². The van der Waals surface area contributed by atoms with E-state index in [1.165, 1.54) is 28.3 Å². The third-order valence-electron chi connectivity index (χ3n) is 3.25. The SMILES string of the molecule is NC(=O)/C=C\C=C1c2ccccc2-c2ccccc21. The van der Waals surface area contributed by atoms with Gasteiger partial charge in [0.1, 0.15) is 0 Å². The number of allylic oxidation sites excluding steroid dienone is 2. The van der Waals surface area contributed by atoms with Crippen LogP contribution in [0.1, 0.15) is 11.1 Å². The molecule has 2 aromatic rings. The number of primary amides is 1. The van der Waals surface area contributed by atoms with Gasteiger partial charge in [0.05, 0.1) is 0 Å². The maximum Gasteiger partial charge on any atom is 0.241 e. The van der Waals surface area contributed by atoms with Crippen LogP contribution in [0.2, 0.25) is 0 Å². The van der Waals surface area contributed by atoms with Crippen molar-refractivity contribution in [2.24, 2.45) is 5.73 Å². The van der Waals surface area contributed by atoms with Gasteiger partial charge in [-0.25, -0.2) is 0 Å². The molecule has 0 aliphatic heterocycles. The minimum absolute atomic E-state index is 0.434. The molecular formula is C17H13NO. The molecule has 1 aliphatic carbocycles. The number of carbonyl (C=O) groups is 1. The van der Waals surface area contributed by atoms with Gasteiger partial charge in [0.2, 0.25) is 5.91 Å². The Hall–Kier alpha value is -2.61. The minimum atomic E-state index is -0.434. The van der Waals surface area contributed by atoms with Crippen molar-refractivity contribution in [2.75, 3.05) is 0 Å².